The summed E-state index contributed by atoms with van der Waals surface area (Å²) in [6, 6.07) is 9.53. The Morgan fingerprint density at radius 3 is 2.75 bits per heavy atom. The third-order valence-electron chi connectivity index (χ3n) is 4.81. The molecule has 2 atom stereocenters. The average Bonchev–Trinajstić information content (AvgIpc) is 3.12. The molecular formula is C21H24N4O3. The van der Waals surface area contributed by atoms with Crippen LogP contribution in [0.15, 0.2) is 36.5 Å². The van der Waals surface area contributed by atoms with Gasteiger partial charge >= 0.3 is 12.7 Å². The molecule has 0 saturated carbocycles. The summed E-state index contributed by atoms with van der Waals surface area (Å²) in [4.78, 5) is 26.6. The van der Waals surface area contributed by atoms with Crippen molar-refractivity contribution in [2.24, 2.45) is 11.8 Å². The maximum absolute atomic E-state index is 12.5. The normalized spacial score (nSPS) is 18.5. The number of nitrogens with zero attached hydrogens (tertiary/aromatic N) is 4. The molecule has 2 aromatic rings. The van der Waals surface area contributed by atoms with Crippen molar-refractivity contribution in [1.29, 1.82) is 0 Å². The average molecular weight is 380 g/mol. The molecule has 3 rings (SSSR count). The Kier molecular flexibility index (Phi) is 6.43. The van der Waals surface area contributed by atoms with Crippen molar-refractivity contribution in [2.45, 2.75) is 20.3 Å². The van der Waals surface area contributed by atoms with Gasteiger partial charge in [0.25, 0.3) is 0 Å². The van der Waals surface area contributed by atoms with Crippen molar-refractivity contribution in [3.05, 3.63) is 59.2 Å². The van der Waals surface area contributed by atoms with Crippen LogP contribution >= 0.6 is 0 Å². The van der Waals surface area contributed by atoms with E-state index in [4.69, 9.17) is 16.0 Å². The Morgan fingerprint density at radius 1 is 1.29 bits per heavy atom. The van der Waals surface area contributed by atoms with Crippen LogP contribution in [-0.4, -0.2) is 42.4 Å². The molecule has 1 aromatic carbocycles. The van der Waals surface area contributed by atoms with Crippen molar-refractivity contribution in [3.8, 4) is 5.75 Å². The van der Waals surface area contributed by atoms with Crippen molar-refractivity contribution >= 4 is 11.9 Å². The Bertz CT molecular complexity index is 847. The molecule has 0 N–H and O–H groups in total. The van der Waals surface area contributed by atoms with Gasteiger partial charge in [-0.25, -0.2) is 16.5 Å². The summed E-state index contributed by atoms with van der Waals surface area (Å²) in [6.45, 7) is 12.2. The quantitative estimate of drug-likeness (QED) is 0.543. The zero-order valence-corrected chi connectivity index (χ0v) is 16.2. The third kappa shape index (κ3) is 4.77. The van der Waals surface area contributed by atoms with Crippen molar-refractivity contribution < 1.29 is 14.3 Å². The van der Waals surface area contributed by atoms with Gasteiger partial charge in [0, 0.05) is 25.0 Å². The second-order valence-electron chi connectivity index (χ2n) is 6.80. The molecule has 0 radical (unpaired) electrons. The Morgan fingerprint density at radius 2 is 2.07 bits per heavy atom. The van der Waals surface area contributed by atoms with E-state index in [1.54, 1.807) is 6.20 Å². The molecule has 28 heavy (non-hydrogen) atoms. The van der Waals surface area contributed by atoms with Crippen LogP contribution in [0.4, 0.5) is 5.95 Å². The maximum atomic E-state index is 12.5. The SMILES string of the molecule is [C-]#[N+]COc1ccc(C[C@@H]2CN(c3nccc(C)n3)C[C@@H]2C(=O)OCC)cc1. The summed E-state index contributed by atoms with van der Waals surface area (Å²) in [6.07, 6.45) is 2.49. The lowest BCUT2D eigenvalue weighted by Crippen LogP contribution is -2.27. The van der Waals surface area contributed by atoms with Gasteiger partial charge in [0.05, 0.1) is 12.5 Å². The van der Waals surface area contributed by atoms with Gasteiger partial charge in [-0.1, -0.05) is 12.1 Å². The number of ether oxygens (including phenoxy) is 2. The number of benzene rings is 1. The topological polar surface area (TPSA) is 68.9 Å². The number of hydrogen-bond acceptors (Lipinski definition) is 6. The molecule has 0 bridgehead atoms. The molecule has 1 aliphatic rings. The Labute approximate surface area is 165 Å². The predicted octanol–water partition coefficient (Wildman–Crippen LogP) is 2.90. The zero-order valence-electron chi connectivity index (χ0n) is 16.2. The lowest BCUT2D eigenvalue weighted by atomic mass is 9.90. The molecule has 0 aliphatic carbocycles. The first-order valence-corrected chi connectivity index (χ1v) is 9.37. The van der Waals surface area contributed by atoms with Crippen LogP contribution in [0.3, 0.4) is 0 Å². The maximum Gasteiger partial charge on any atom is 0.357 e. The van der Waals surface area contributed by atoms with Crippen molar-refractivity contribution in [1.82, 2.24) is 9.97 Å². The highest BCUT2D eigenvalue weighted by Gasteiger charge is 2.39. The van der Waals surface area contributed by atoms with E-state index >= 15 is 0 Å². The fourth-order valence-corrected chi connectivity index (χ4v) is 3.48. The molecule has 1 aliphatic heterocycles. The van der Waals surface area contributed by atoms with Gasteiger partial charge in [-0.15, -0.1) is 0 Å². The summed E-state index contributed by atoms with van der Waals surface area (Å²) in [7, 11) is 0. The van der Waals surface area contributed by atoms with E-state index in [9.17, 15) is 4.79 Å². The number of aromatic nitrogens is 2. The van der Waals surface area contributed by atoms with E-state index in [0.29, 0.717) is 31.4 Å². The van der Waals surface area contributed by atoms with Crippen LogP contribution in [0.5, 0.6) is 5.75 Å². The van der Waals surface area contributed by atoms with Gasteiger partial charge in [0.15, 0.2) is 0 Å². The van der Waals surface area contributed by atoms with Gasteiger partial charge in [0.1, 0.15) is 5.75 Å². The smallest absolute Gasteiger partial charge is 0.357 e. The van der Waals surface area contributed by atoms with E-state index < -0.39 is 0 Å². The molecule has 0 amide bonds. The molecule has 7 heteroatoms. The largest absolute Gasteiger partial charge is 0.466 e. The van der Waals surface area contributed by atoms with Crippen LogP contribution in [0, 0.1) is 25.3 Å². The number of aryl methyl sites for hydroxylation is 1. The van der Waals surface area contributed by atoms with Crippen LogP contribution in [0.2, 0.25) is 0 Å². The number of rotatable bonds is 7. The van der Waals surface area contributed by atoms with Crippen molar-refractivity contribution in [2.75, 3.05) is 31.3 Å². The van der Waals surface area contributed by atoms with Crippen molar-refractivity contribution in [3.63, 3.8) is 0 Å². The first-order chi connectivity index (χ1) is 13.6. The predicted molar refractivity (Wildman–Crippen MR) is 105 cm³/mol. The number of hydrogen-bond donors (Lipinski definition) is 0. The molecular weight excluding hydrogens is 356 g/mol. The number of carbonyl (C=O) groups is 1. The molecule has 1 fully saturated rings. The standard InChI is InChI=1S/C21H24N4O3/c1-4-27-20(26)19-13-25(21-23-10-9-15(2)24-21)12-17(19)11-16-5-7-18(8-6-16)28-14-22-3/h5-10,17,19H,4,11-14H2,1-2H3/t17-,19+/m1/s1. The second kappa shape index (κ2) is 9.18. The lowest BCUT2D eigenvalue weighted by Gasteiger charge is -2.17. The van der Waals surface area contributed by atoms with E-state index in [1.807, 2.05) is 44.2 Å². The Hall–Kier alpha value is -3.14. The fourth-order valence-electron chi connectivity index (χ4n) is 3.48. The van der Waals surface area contributed by atoms with Gasteiger partial charge in [-0.05, 0) is 49.9 Å². The fraction of sp³-hybridized carbons (Fsp3) is 0.429. The van der Waals surface area contributed by atoms with E-state index in [0.717, 1.165) is 17.7 Å². The van der Waals surface area contributed by atoms with Gasteiger partial charge in [0.2, 0.25) is 5.95 Å². The highest BCUT2D eigenvalue weighted by atomic mass is 16.5. The van der Waals surface area contributed by atoms with Crippen LogP contribution < -0.4 is 9.64 Å². The lowest BCUT2D eigenvalue weighted by molar-refractivity contribution is -0.148. The van der Waals surface area contributed by atoms with E-state index in [1.165, 1.54) is 0 Å². The molecule has 1 aromatic heterocycles. The summed E-state index contributed by atoms with van der Waals surface area (Å²) in [5.74, 6) is 1.04. The van der Waals surface area contributed by atoms with E-state index in [2.05, 4.69) is 19.7 Å². The van der Waals surface area contributed by atoms with Gasteiger partial charge in [-0.3, -0.25) is 9.64 Å². The van der Waals surface area contributed by atoms with Gasteiger partial charge in [-0.2, -0.15) is 0 Å². The molecule has 1 saturated heterocycles. The molecule has 0 spiro atoms. The monoisotopic (exact) mass is 380 g/mol. The summed E-state index contributed by atoms with van der Waals surface area (Å²) < 4.78 is 10.6. The van der Waals surface area contributed by atoms with Crippen LogP contribution in [-0.2, 0) is 16.0 Å². The molecule has 0 unspecified atom stereocenters. The zero-order chi connectivity index (χ0) is 19.9. The Balaban J connectivity index is 1.74. The van der Waals surface area contributed by atoms with E-state index in [-0.39, 0.29) is 24.5 Å². The summed E-state index contributed by atoms with van der Waals surface area (Å²) in [5, 5.41) is 0. The molecule has 7 nitrogen and oxygen atoms in total. The highest BCUT2D eigenvalue weighted by Crippen LogP contribution is 2.30. The summed E-state index contributed by atoms with van der Waals surface area (Å²) >= 11 is 0. The number of anilines is 1. The second-order valence-corrected chi connectivity index (χ2v) is 6.80. The minimum atomic E-state index is -0.220. The third-order valence-corrected chi connectivity index (χ3v) is 4.81. The first-order valence-electron chi connectivity index (χ1n) is 9.37. The van der Waals surface area contributed by atoms with Gasteiger partial charge < -0.3 is 14.4 Å². The number of carbonyl (C=O) groups excluding carboxylic acids is 1. The minimum Gasteiger partial charge on any atom is -0.466 e. The number of esters is 1. The molecule has 146 valence electrons. The first kappa shape index (κ1) is 19.6. The highest BCUT2D eigenvalue weighted by molar-refractivity contribution is 5.74. The van der Waals surface area contributed by atoms with Crippen LogP contribution in [0.1, 0.15) is 18.2 Å². The van der Waals surface area contributed by atoms with Crippen LogP contribution in [0.25, 0.3) is 4.85 Å². The molecule has 2 heterocycles. The summed E-state index contributed by atoms with van der Waals surface area (Å²) in [5.41, 5.74) is 2.01. The minimum absolute atomic E-state index is 0.0123.